The molecule has 4 N–H and O–H groups in total. The number of carbonyl (C=O) groups excluding carboxylic acids is 1. The van der Waals surface area contributed by atoms with Crippen LogP contribution in [-0.4, -0.2) is 36.8 Å². The number of aromatic hydroxyl groups is 1. The molecule has 0 spiro atoms. The quantitative estimate of drug-likeness (QED) is 0.719. The summed E-state index contributed by atoms with van der Waals surface area (Å²) < 4.78 is 5.13. The van der Waals surface area contributed by atoms with Crippen LogP contribution in [0.5, 0.6) is 5.75 Å². The van der Waals surface area contributed by atoms with E-state index < -0.39 is 6.04 Å². The smallest absolute Gasteiger partial charge is 0.237 e. The number of rotatable bonds is 5. The molecule has 5 heteroatoms. The Hall–Kier alpha value is -1.59. The van der Waals surface area contributed by atoms with E-state index in [2.05, 4.69) is 12.2 Å². The summed E-state index contributed by atoms with van der Waals surface area (Å²) in [5.74, 6) is 0.0564. The second-order valence-corrected chi connectivity index (χ2v) is 5.50. The van der Waals surface area contributed by atoms with Crippen LogP contribution in [-0.2, 0) is 16.0 Å². The first-order valence-corrected chi connectivity index (χ1v) is 6.37. The monoisotopic (exact) mass is 264 g/mol. The van der Waals surface area contributed by atoms with Gasteiger partial charge in [-0.05, 0) is 24.1 Å². The van der Waals surface area contributed by atoms with Crippen molar-refractivity contribution in [3.63, 3.8) is 0 Å². The van der Waals surface area contributed by atoms with Crippen LogP contribution in [0, 0.1) is 5.41 Å². The lowest BCUT2D eigenvalue weighted by Crippen LogP contribution is -2.51. The third-order valence-corrected chi connectivity index (χ3v) is 3.32. The zero-order chi connectivity index (χ0) is 13.9. The number of hydrogen-bond acceptors (Lipinski definition) is 4. The highest BCUT2D eigenvalue weighted by Gasteiger charge is 2.33. The number of phenolic OH excluding ortho intramolecular Hbond substituents is 1. The van der Waals surface area contributed by atoms with E-state index in [0.29, 0.717) is 26.2 Å². The summed E-state index contributed by atoms with van der Waals surface area (Å²) in [6.45, 7) is 4.03. The Kier molecular flexibility index (Phi) is 4.07. The molecular weight excluding hydrogens is 244 g/mol. The third kappa shape index (κ3) is 3.68. The van der Waals surface area contributed by atoms with Gasteiger partial charge in [0.1, 0.15) is 5.75 Å². The molecule has 1 aromatic rings. The van der Waals surface area contributed by atoms with E-state index in [9.17, 15) is 9.90 Å². The van der Waals surface area contributed by atoms with Gasteiger partial charge in [0.05, 0.1) is 19.3 Å². The first kappa shape index (κ1) is 13.8. The Morgan fingerprint density at radius 3 is 2.63 bits per heavy atom. The van der Waals surface area contributed by atoms with Crippen molar-refractivity contribution in [1.82, 2.24) is 5.32 Å². The predicted octanol–water partition coefficient (Wildman–Crippen LogP) is 0.415. The third-order valence-electron chi connectivity index (χ3n) is 3.32. The Bertz CT molecular complexity index is 441. The maximum Gasteiger partial charge on any atom is 0.237 e. The van der Waals surface area contributed by atoms with Gasteiger partial charge in [0, 0.05) is 12.0 Å². The van der Waals surface area contributed by atoms with Gasteiger partial charge in [-0.15, -0.1) is 0 Å². The summed E-state index contributed by atoms with van der Waals surface area (Å²) >= 11 is 0. The van der Waals surface area contributed by atoms with Gasteiger partial charge in [-0.1, -0.05) is 19.1 Å². The lowest BCUT2D eigenvalue weighted by atomic mass is 9.88. The van der Waals surface area contributed by atoms with Crippen molar-refractivity contribution in [2.24, 2.45) is 11.1 Å². The SMILES string of the molecule is CC1(CNC(=O)[C@@H](N)Cc2ccc(O)cc2)COC1. The molecule has 0 aliphatic carbocycles. The number of nitrogens with two attached hydrogens (primary N) is 1. The van der Waals surface area contributed by atoms with Crippen LogP contribution in [0.25, 0.3) is 0 Å². The Labute approximate surface area is 112 Å². The van der Waals surface area contributed by atoms with Crippen molar-refractivity contribution in [1.29, 1.82) is 0 Å². The number of nitrogens with one attached hydrogen (secondary N) is 1. The molecule has 0 aromatic heterocycles. The van der Waals surface area contributed by atoms with Crippen molar-refractivity contribution < 1.29 is 14.6 Å². The van der Waals surface area contributed by atoms with Crippen molar-refractivity contribution >= 4 is 5.91 Å². The maximum atomic E-state index is 11.9. The van der Waals surface area contributed by atoms with E-state index in [0.717, 1.165) is 5.56 Å². The average Bonchev–Trinajstić information content (AvgIpc) is 2.36. The van der Waals surface area contributed by atoms with Crippen molar-refractivity contribution in [2.75, 3.05) is 19.8 Å². The standard InChI is InChI=1S/C14H20N2O3/c1-14(8-19-9-14)7-16-13(18)12(15)6-10-2-4-11(17)5-3-10/h2-5,12,17H,6-9,15H2,1H3,(H,16,18)/t12-/m0/s1. The Morgan fingerprint density at radius 2 is 2.11 bits per heavy atom. The van der Waals surface area contributed by atoms with Crippen LogP contribution >= 0.6 is 0 Å². The number of carbonyl (C=O) groups is 1. The van der Waals surface area contributed by atoms with E-state index in [1.54, 1.807) is 24.3 Å². The van der Waals surface area contributed by atoms with Crippen molar-refractivity contribution in [2.45, 2.75) is 19.4 Å². The van der Waals surface area contributed by atoms with Crippen molar-refractivity contribution in [3.8, 4) is 5.75 Å². The summed E-state index contributed by atoms with van der Waals surface area (Å²) in [5, 5.41) is 12.0. The molecule has 19 heavy (non-hydrogen) atoms. The molecule has 1 aliphatic rings. The second kappa shape index (κ2) is 5.59. The normalized spacial score (nSPS) is 18.4. The van der Waals surface area contributed by atoms with Crippen LogP contribution in [0.3, 0.4) is 0 Å². The zero-order valence-electron chi connectivity index (χ0n) is 11.1. The molecule has 1 aromatic carbocycles. The summed E-state index contributed by atoms with van der Waals surface area (Å²) in [5.41, 5.74) is 6.85. The predicted molar refractivity (Wildman–Crippen MR) is 71.7 cm³/mol. The summed E-state index contributed by atoms with van der Waals surface area (Å²) in [6.07, 6.45) is 0.458. The molecule has 0 saturated carbocycles. The van der Waals surface area contributed by atoms with E-state index >= 15 is 0 Å². The van der Waals surface area contributed by atoms with E-state index in [4.69, 9.17) is 10.5 Å². The highest BCUT2D eigenvalue weighted by molar-refractivity contribution is 5.81. The van der Waals surface area contributed by atoms with Crippen LogP contribution in [0.4, 0.5) is 0 Å². The topological polar surface area (TPSA) is 84.6 Å². The second-order valence-electron chi connectivity index (χ2n) is 5.50. The molecule has 0 bridgehead atoms. The molecule has 1 fully saturated rings. The number of ether oxygens (including phenoxy) is 1. The number of phenols is 1. The minimum absolute atomic E-state index is 0.0495. The van der Waals surface area contributed by atoms with E-state index in [1.807, 2.05) is 0 Å². The maximum absolute atomic E-state index is 11.9. The molecule has 0 radical (unpaired) electrons. The molecule has 0 unspecified atom stereocenters. The fourth-order valence-corrected chi connectivity index (χ4v) is 1.96. The fourth-order valence-electron chi connectivity index (χ4n) is 1.96. The van der Waals surface area contributed by atoms with Crippen molar-refractivity contribution in [3.05, 3.63) is 29.8 Å². The molecule has 1 aliphatic heterocycles. The minimum Gasteiger partial charge on any atom is -0.508 e. The minimum atomic E-state index is -0.575. The zero-order valence-corrected chi connectivity index (χ0v) is 11.1. The highest BCUT2D eigenvalue weighted by Crippen LogP contribution is 2.25. The lowest BCUT2D eigenvalue weighted by Gasteiger charge is -2.38. The summed E-state index contributed by atoms with van der Waals surface area (Å²) in [7, 11) is 0. The molecule has 1 amide bonds. The van der Waals surface area contributed by atoms with Gasteiger partial charge in [0.15, 0.2) is 0 Å². The van der Waals surface area contributed by atoms with Gasteiger partial charge in [-0.25, -0.2) is 0 Å². The van der Waals surface area contributed by atoms with E-state index in [1.165, 1.54) is 0 Å². The molecule has 2 rings (SSSR count). The van der Waals surface area contributed by atoms with Gasteiger partial charge in [0.25, 0.3) is 0 Å². The Morgan fingerprint density at radius 1 is 1.47 bits per heavy atom. The summed E-state index contributed by atoms with van der Waals surface area (Å²) in [4.78, 5) is 11.9. The molecule has 1 saturated heterocycles. The molecule has 1 atom stereocenters. The fraction of sp³-hybridized carbons (Fsp3) is 0.500. The first-order chi connectivity index (χ1) is 8.98. The lowest BCUT2D eigenvalue weighted by molar-refractivity contribution is -0.127. The van der Waals surface area contributed by atoms with Crippen LogP contribution < -0.4 is 11.1 Å². The van der Waals surface area contributed by atoms with Gasteiger partial charge >= 0.3 is 0 Å². The Balaban J connectivity index is 1.80. The van der Waals surface area contributed by atoms with Gasteiger partial charge in [-0.2, -0.15) is 0 Å². The molecule has 104 valence electrons. The van der Waals surface area contributed by atoms with Crippen LogP contribution in [0.1, 0.15) is 12.5 Å². The first-order valence-electron chi connectivity index (χ1n) is 6.37. The average molecular weight is 264 g/mol. The van der Waals surface area contributed by atoms with Gasteiger partial charge in [-0.3, -0.25) is 4.79 Å². The summed E-state index contributed by atoms with van der Waals surface area (Å²) in [6, 6.07) is 6.14. The molecule has 5 nitrogen and oxygen atoms in total. The number of benzene rings is 1. The highest BCUT2D eigenvalue weighted by atomic mass is 16.5. The van der Waals surface area contributed by atoms with Crippen LogP contribution in [0.15, 0.2) is 24.3 Å². The van der Waals surface area contributed by atoms with Gasteiger partial charge in [0.2, 0.25) is 5.91 Å². The largest absolute Gasteiger partial charge is 0.508 e. The number of amides is 1. The van der Waals surface area contributed by atoms with Crippen LogP contribution in [0.2, 0.25) is 0 Å². The molecular formula is C14H20N2O3. The van der Waals surface area contributed by atoms with Gasteiger partial charge < -0.3 is 20.9 Å². The number of hydrogen-bond donors (Lipinski definition) is 3. The molecule has 1 heterocycles. The van der Waals surface area contributed by atoms with E-state index in [-0.39, 0.29) is 17.1 Å².